The van der Waals surface area contributed by atoms with E-state index in [1.54, 1.807) is 20.2 Å². The number of nitrogens with two attached hydrogens (primary N) is 1. The van der Waals surface area contributed by atoms with Gasteiger partial charge in [-0.1, -0.05) is 78.4 Å². The van der Waals surface area contributed by atoms with Crippen molar-refractivity contribution < 1.29 is 19.1 Å². The maximum Gasteiger partial charge on any atom is 0.246 e. The molecule has 0 aromatic heterocycles. The summed E-state index contributed by atoms with van der Waals surface area (Å²) >= 11 is 0. The Balaban J connectivity index is 1.64. The number of ether oxygens (including phenoxy) is 1. The van der Waals surface area contributed by atoms with Crippen LogP contribution in [0.15, 0.2) is 84.4 Å². The largest absolute Gasteiger partial charge is 0.376 e. The monoisotopic (exact) mass is 612 g/mol. The molecular formula is C37H48N4O4. The fourth-order valence-electron chi connectivity index (χ4n) is 5.98. The quantitative estimate of drug-likeness (QED) is 0.274. The highest BCUT2D eigenvalue weighted by molar-refractivity contribution is 5.95. The zero-order valence-corrected chi connectivity index (χ0v) is 27.3. The van der Waals surface area contributed by atoms with Gasteiger partial charge < -0.3 is 25.6 Å². The van der Waals surface area contributed by atoms with Crippen molar-refractivity contribution in [2.75, 3.05) is 27.2 Å². The summed E-state index contributed by atoms with van der Waals surface area (Å²) in [6.45, 7) is 6.79. The van der Waals surface area contributed by atoms with Gasteiger partial charge in [-0.3, -0.25) is 14.4 Å². The second kappa shape index (κ2) is 15.3. The lowest BCUT2D eigenvalue weighted by atomic mass is 9.96. The standard InChI is InChI=1S/C37H48N4O4/c1-26(24-37(2,3)38)20-34(42)40(4)33(23-28-17-18-29-14-9-10-15-30(29)21-28)36(44)41(5)32(22-27-12-7-6-8-13-27)35(43)39-25-31-16-11-19-45-31/h6-10,12-15,17-18,20-21,31-33H,11,16,19,22-25,38H2,1-5H3,(H,39,43)/t31?,32-,33-/m1/s1. The summed E-state index contributed by atoms with van der Waals surface area (Å²) in [5.41, 5.74) is 8.42. The number of carbonyl (C=O) groups excluding carboxylic acids is 3. The minimum absolute atomic E-state index is 0.0229. The molecule has 1 fully saturated rings. The van der Waals surface area contributed by atoms with Gasteiger partial charge in [-0.2, -0.15) is 0 Å². The summed E-state index contributed by atoms with van der Waals surface area (Å²) in [5.74, 6) is -0.839. The van der Waals surface area contributed by atoms with Crippen LogP contribution in [-0.2, 0) is 32.0 Å². The number of hydrogen-bond donors (Lipinski definition) is 2. The Morgan fingerprint density at radius 3 is 2.27 bits per heavy atom. The van der Waals surface area contributed by atoms with Gasteiger partial charge in [0, 0.05) is 51.7 Å². The van der Waals surface area contributed by atoms with Crippen molar-refractivity contribution in [2.45, 2.75) is 76.6 Å². The first-order chi connectivity index (χ1) is 21.4. The van der Waals surface area contributed by atoms with Crippen molar-refractivity contribution >= 4 is 28.5 Å². The van der Waals surface area contributed by atoms with Crippen LogP contribution in [0.4, 0.5) is 0 Å². The predicted octanol–water partition coefficient (Wildman–Crippen LogP) is 4.65. The molecule has 0 spiro atoms. The number of amides is 3. The molecule has 240 valence electrons. The van der Waals surface area contributed by atoms with Crippen molar-refractivity contribution in [3.63, 3.8) is 0 Å². The lowest BCUT2D eigenvalue weighted by Crippen LogP contribution is -2.56. The van der Waals surface area contributed by atoms with Gasteiger partial charge in [0.1, 0.15) is 12.1 Å². The van der Waals surface area contributed by atoms with Crippen LogP contribution in [0.1, 0.15) is 51.2 Å². The molecule has 8 heteroatoms. The van der Waals surface area contributed by atoms with E-state index in [0.29, 0.717) is 32.4 Å². The van der Waals surface area contributed by atoms with Gasteiger partial charge in [-0.05, 0) is 61.9 Å². The number of hydrogen-bond acceptors (Lipinski definition) is 5. The maximum atomic E-state index is 14.5. The molecule has 1 aliphatic heterocycles. The first-order valence-corrected chi connectivity index (χ1v) is 15.8. The summed E-state index contributed by atoms with van der Waals surface area (Å²) in [6, 6.07) is 22.2. The fourth-order valence-corrected chi connectivity index (χ4v) is 5.98. The highest BCUT2D eigenvalue weighted by Crippen LogP contribution is 2.21. The minimum atomic E-state index is -0.845. The minimum Gasteiger partial charge on any atom is -0.376 e. The van der Waals surface area contributed by atoms with Crippen molar-refractivity contribution in [3.8, 4) is 0 Å². The summed E-state index contributed by atoms with van der Waals surface area (Å²) in [6.07, 6.45) is 4.58. The first-order valence-electron chi connectivity index (χ1n) is 15.8. The molecule has 45 heavy (non-hydrogen) atoms. The molecule has 1 saturated heterocycles. The molecule has 1 aliphatic rings. The van der Waals surface area contributed by atoms with Crippen LogP contribution >= 0.6 is 0 Å². The van der Waals surface area contributed by atoms with Crippen molar-refractivity contribution in [1.29, 1.82) is 0 Å². The highest BCUT2D eigenvalue weighted by atomic mass is 16.5. The smallest absolute Gasteiger partial charge is 0.246 e. The third-order valence-electron chi connectivity index (χ3n) is 8.37. The number of likely N-dealkylation sites (N-methyl/N-ethyl adjacent to an activating group) is 2. The molecule has 3 N–H and O–H groups in total. The van der Waals surface area contributed by atoms with Crippen LogP contribution in [-0.4, -0.2) is 78.5 Å². The lowest BCUT2D eigenvalue weighted by Gasteiger charge is -2.34. The van der Waals surface area contributed by atoms with Crippen LogP contribution in [0.2, 0.25) is 0 Å². The molecule has 3 amide bonds. The Morgan fingerprint density at radius 2 is 1.60 bits per heavy atom. The average molecular weight is 613 g/mol. The van der Waals surface area contributed by atoms with E-state index in [2.05, 4.69) is 11.4 Å². The molecule has 3 aromatic carbocycles. The molecule has 8 nitrogen and oxygen atoms in total. The number of nitrogens with one attached hydrogen (secondary N) is 1. The number of carbonyl (C=O) groups is 3. The first kappa shape index (κ1) is 33.9. The summed E-state index contributed by atoms with van der Waals surface area (Å²) in [4.78, 5) is 44.7. The second-order valence-corrected chi connectivity index (χ2v) is 13.0. The number of rotatable bonds is 13. The normalized spacial score (nSPS) is 16.7. The van der Waals surface area contributed by atoms with Crippen LogP contribution in [0, 0.1) is 0 Å². The summed E-state index contributed by atoms with van der Waals surface area (Å²) in [5, 5.41) is 5.18. The van der Waals surface area contributed by atoms with E-state index in [1.165, 1.54) is 9.80 Å². The highest BCUT2D eigenvalue weighted by Gasteiger charge is 2.35. The van der Waals surface area contributed by atoms with E-state index in [-0.39, 0.29) is 23.8 Å². The number of benzene rings is 3. The molecule has 0 bridgehead atoms. The third-order valence-corrected chi connectivity index (χ3v) is 8.37. The number of nitrogens with zero attached hydrogens (tertiary/aromatic N) is 2. The van der Waals surface area contributed by atoms with E-state index in [0.717, 1.165) is 40.3 Å². The Hall–Kier alpha value is -4.01. The number of fused-ring (bicyclic) bond motifs is 1. The molecular weight excluding hydrogens is 564 g/mol. The fraction of sp³-hybridized carbons (Fsp3) is 0.432. The van der Waals surface area contributed by atoms with Gasteiger partial charge >= 0.3 is 0 Å². The molecule has 3 atom stereocenters. The van der Waals surface area contributed by atoms with E-state index < -0.39 is 17.6 Å². The Bertz CT molecular complexity index is 1490. The summed E-state index contributed by atoms with van der Waals surface area (Å²) < 4.78 is 5.71. The van der Waals surface area contributed by atoms with Gasteiger partial charge in [-0.25, -0.2) is 0 Å². The molecule has 0 aliphatic carbocycles. The SMILES string of the molecule is CC(=CC(=O)N(C)[C@H](Cc1ccc2ccccc2c1)C(=O)N(C)[C@H](Cc1ccccc1)C(=O)NCC1CCCO1)CC(C)(C)N. The van der Waals surface area contributed by atoms with Crippen molar-refractivity contribution in [2.24, 2.45) is 5.73 Å². The zero-order valence-electron chi connectivity index (χ0n) is 27.3. The van der Waals surface area contributed by atoms with E-state index in [4.69, 9.17) is 10.5 Å². The molecule has 1 unspecified atom stereocenters. The van der Waals surface area contributed by atoms with Crippen LogP contribution in [0.25, 0.3) is 10.8 Å². The average Bonchev–Trinajstić information content (AvgIpc) is 3.53. The Morgan fingerprint density at radius 1 is 0.933 bits per heavy atom. The Labute approximate surface area is 267 Å². The van der Waals surface area contributed by atoms with E-state index in [9.17, 15) is 14.4 Å². The predicted molar refractivity (Wildman–Crippen MR) is 180 cm³/mol. The Kier molecular flexibility index (Phi) is 11.5. The van der Waals surface area contributed by atoms with Gasteiger partial charge in [0.15, 0.2) is 0 Å². The molecule has 4 rings (SSSR count). The zero-order chi connectivity index (χ0) is 32.6. The van der Waals surface area contributed by atoms with Crippen LogP contribution in [0.5, 0.6) is 0 Å². The van der Waals surface area contributed by atoms with Crippen LogP contribution in [0.3, 0.4) is 0 Å². The van der Waals surface area contributed by atoms with Gasteiger partial charge in [0.25, 0.3) is 0 Å². The van der Waals surface area contributed by atoms with Gasteiger partial charge in [-0.15, -0.1) is 0 Å². The van der Waals surface area contributed by atoms with Crippen molar-refractivity contribution in [1.82, 2.24) is 15.1 Å². The molecule has 0 saturated carbocycles. The third kappa shape index (κ3) is 9.74. The lowest BCUT2D eigenvalue weighted by molar-refractivity contribution is -0.146. The van der Waals surface area contributed by atoms with E-state index in [1.807, 2.05) is 87.5 Å². The topological polar surface area (TPSA) is 105 Å². The van der Waals surface area contributed by atoms with Gasteiger partial charge in [0.05, 0.1) is 6.10 Å². The van der Waals surface area contributed by atoms with Crippen LogP contribution < -0.4 is 11.1 Å². The summed E-state index contributed by atoms with van der Waals surface area (Å²) in [7, 11) is 3.31. The maximum absolute atomic E-state index is 14.5. The molecule has 0 radical (unpaired) electrons. The van der Waals surface area contributed by atoms with Crippen molar-refractivity contribution in [3.05, 3.63) is 95.6 Å². The van der Waals surface area contributed by atoms with E-state index >= 15 is 0 Å². The second-order valence-electron chi connectivity index (χ2n) is 13.0. The van der Waals surface area contributed by atoms with Gasteiger partial charge in [0.2, 0.25) is 17.7 Å². The molecule has 1 heterocycles. The molecule has 3 aromatic rings.